The van der Waals surface area contributed by atoms with Gasteiger partial charge in [-0.1, -0.05) is 5.16 Å². The first-order valence-corrected chi connectivity index (χ1v) is 9.23. The standard InChI is InChI=1S/C18H23N5O3/c24-16-6-3-7-19-23(16)13-10-21-8-11-22(12-9-21)18(25)17-14-4-1-2-5-15(14)26-20-17/h3,6-7H,1-2,4-5,8-13H2. The van der Waals surface area contributed by atoms with Crippen LogP contribution >= 0.6 is 0 Å². The smallest absolute Gasteiger partial charge is 0.276 e. The maximum atomic E-state index is 12.8. The zero-order chi connectivity index (χ0) is 17.9. The van der Waals surface area contributed by atoms with E-state index in [1.54, 1.807) is 12.3 Å². The largest absolute Gasteiger partial charge is 0.360 e. The average Bonchev–Trinajstić information content (AvgIpc) is 3.11. The number of hydrogen-bond acceptors (Lipinski definition) is 6. The third-order valence-electron chi connectivity index (χ3n) is 5.23. The molecule has 1 saturated heterocycles. The van der Waals surface area contributed by atoms with Crippen molar-refractivity contribution >= 4 is 5.91 Å². The predicted octanol–water partition coefficient (Wildman–Crippen LogP) is 0.568. The molecule has 0 aromatic carbocycles. The molecule has 1 aliphatic carbocycles. The Kier molecular flexibility index (Phi) is 4.83. The minimum atomic E-state index is -0.0860. The van der Waals surface area contributed by atoms with Crippen LogP contribution in [0.15, 0.2) is 27.6 Å². The van der Waals surface area contributed by atoms with Crippen LogP contribution in [-0.2, 0) is 19.4 Å². The van der Waals surface area contributed by atoms with Crippen LogP contribution in [0, 0.1) is 0 Å². The Balaban J connectivity index is 1.32. The minimum absolute atomic E-state index is 0.0162. The van der Waals surface area contributed by atoms with E-state index in [0.717, 1.165) is 56.6 Å². The van der Waals surface area contributed by atoms with Crippen LogP contribution in [0.1, 0.15) is 34.7 Å². The summed E-state index contributed by atoms with van der Waals surface area (Å²) in [4.78, 5) is 28.6. The fourth-order valence-electron chi connectivity index (χ4n) is 3.67. The molecule has 138 valence electrons. The van der Waals surface area contributed by atoms with Gasteiger partial charge in [-0.25, -0.2) is 4.68 Å². The van der Waals surface area contributed by atoms with Gasteiger partial charge in [-0.3, -0.25) is 14.5 Å². The minimum Gasteiger partial charge on any atom is -0.360 e. The van der Waals surface area contributed by atoms with Crippen molar-refractivity contribution in [2.45, 2.75) is 32.2 Å². The number of piperazine rings is 1. The number of amides is 1. The normalized spacial score (nSPS) is 17.9. The number of aryl methyl sites for hydroxylation is 1. The van der Waals surface area contributed by atoms with Gasteiger partial charge in [0.1, 0.15) is 5.76 Å². The van der Waals surface area contributed by atoms with Gasteiger partial charge >= 0.3 is 0 Å². The second-order valence-corrected chi connectivity index (χ2v) is 6.86. The Morgan fingerprint density at radius 1 is 1.12 bits per heavy atom. The monoisotopic (exact) mass is 357 g/mol. The van der Waals surface area contributed by atoms with Crippen LogP contribution in [-0.4, -0.2) is 63.4 Å². The lowest BCUT2D eigenvalue weighted by atomic mass is 9.96. The molecule has 4 rings (SSSR count). The summed E-state index contributed by atoms with van der Waals surface area (Å²) in [7, 11) is 0. The van der Waals surface area contributed by atoms with Gasteiger partial charge in [-0.2, -0.15) is 5.10 Å². The average molecular weight is 357 g/mol. The Bertz CT molecular complexity index is 835. The van der Waals surface area contributed by atoms with Crippen molar-refractivity contribution in [2.75, 3.05) is 32.7 Å². The molecule has 0 radical (unpaired) electrons. The second-order valence-electron chi connectivity index (χ2n) is 6.86. The van der Waals surface area contributed by atoms with E-state index in [1.807, 2.05) is 4.90 Å². The first kappa shape index (κ1) is 17.0. The van der Waals surface area contributed by atoms with Crippen molar-refractivity contribution in [1.82, 2.24) is 24.7 Å². The highest BCUT2D eigenvalue weighted by atomic mass is 16.5. The first-order valence-electron chi connectivity index (χ1n) is 9.23. The van der Waals surface area contributed by atoms with E-state index in [-0.39, 0.29) is 11.5 Å². The summed E-state index contributed by atoms with van der Waals surface area (Å²) in [5.41, 5.74) is 1.43. The van der Waals surface area contributed by atoms with Gasteiger partial charge in [-0.05, 0) is 25.3 Å². The van der Waals surface area contributed by atoms with Crippen molar-refractivity contribution in [3.05, 3.63) is 45.7 Å². The Hall–Kier alpha value is -2.48. The van der Waals surface area contributed by atoms with Crippen LogP contribution < -0.4 is 5.56 Å². The Morgan fingerprint density at radius 2 is 1.92 bits per heavy atom. The predicted molar refractivity (Wildman–Crippen MR) is 94.0 cm³/mol. The summed E-state index contributed by atoms with van der Waals surface area (Å²) < 4.78 is 6.84. The SMILES string of the molecule is O=C(c1noc2c1CCCC2)N1CCN(CCn2ncccc2=O)CC1. The molecule has 0 bridgehead atoms. The molecule has 8 heteroatoms. The number of rotatable bonds is 4. The van der Waals surface area contributed by atoms with Crippen molar-refractivity contribution in [3.8, 4) is 0 Å². The van der Waals surface area contributed by atoms with Gasteiger partial charge in [0.15, 0.2) is 5.69 Å². The summed E-state index contributed by atoms with van der Waals surface area (Å²) in [6, 6.07) is 3.16. The third kappa shape index (κ3) is 3.41. The lowest BCUT2D eigenvalue weighted by Crippen LogP contribution is -2.49. The van der Waals surface area contributed by atoms with Crippen LogP contribution in [0.25, 0.3) is 0 Å². The molecular formula is C18H23N5O3. The molecule has 1 aliphatic heterocycles. The van der Waals surface area contributed by atoms with Gasteiger partial charge in [0.2, 0.25) is 0 Å². The number of nitrogens with zero attached hydrogens (tertiary/aromatic N) is 5. The van der Waals surface area contributed by atoms with Crippen molar-refractivity contribution < 1.29 is 9.32 Å². The zero-order valence-corrected chi connectivity index (χ0v) is 14.8. The zero-order valence-electron chi connectivity index (χ0n) is 14.8. The molecule has 1 fully saturated rings. The maximum absolute atomic E-state index is 12.8. The van der Waals surface area contributed by atoms with Crippen LogP contribution in [0.5, 0.6) is 0 Å². The van der Waals surface area contributed by atoms with Crippen LogP contribution in [0.4, 0.5) is 0 Å². The fourth-order valence-corrected chi connectivity index (χ4v) is 3.67. The van der Waals surface area contributed by atoms with E-state index in [9.17, 15) is 9.59 Å². The lowest BCUT2D eigenvalue weighted by Gasteiger charge is -2.34. The van der Waals surface area contributed by atoms with Crippen LogP contribution in [0.2, 0.25) is 0 Å². The number of hydrogen-bond donors (Lipinski definition) is 0. The first-order chi connectivity index (χ1) is 12.7. The molecule has 0 spiro atoms. The molecule has 0 atom stereocenters. The lowest BCUT2D eigenvalue weighted by molar-refractivity contribution is 0.0620. The van der Waals surface area contributed by atoms with E-state index in [2.05, 4.69) is 15.2 Å². The van der Waals surface area contributed by atoms with Gasteiger partial charge in [0.25, 0.3) is 11.5 Å². The topological polar surface area (TPSA) is 84.5 Å². The summed E-state index contributed by atoms with van der Waals surface area (Å²) in [6.07, 6.45) is 5.59. The van der Waals surface area contributed by atoms with E-state index in [1.165, 1.54) is 10.7 Å². The van der Waals surface area contributed by atoms with E-state index >= 15 is 0 Å². The highest BCUT2D eigenvalue weighted by Crippen LogP contribution is 2.25. The summed E-state index contributed by atoms with van der Waals surface area (Å²) in [5, 5.41) is 8.13. The maximum Gasteiger partial charge on any atom is 0.276 e. The molecular weight excluding hydrogens is 334 g/mol. The number of aromatic nitrogens is 3. The second kappa shape index (κ2) is 7.41. The van der Waals surface area contributed by atoms with Crippen molar-refractivity contribution in [1.29, 1.82) is 0 Å². The molecule has 2 aliphatic rings. The summed E-state index contributed by atoms with van der Waals surface area (Å²) in [6.45, 7) is 4.21. The van der Waals surface area contributed by atoms with E-state index < -0.39 is 0 Å². The highest BCUT2D eigenvalue weighted by Gasteiger charge is 2.29. The van der Waals surface area contributed by atoms with Gasteiger partial charge < -0.3 is 9.42 Å². The Labute approximate surface area is 151 Å². The van der Waals surface area contributed by atoms with E-state index in [4.69, 9.17) is 4.52 Å². The van der Waals surface area contributed by atoms with E-state index in [0.29, 0.717) is 25.3 Å². The number of carbonyl (C=O) groups is 1. The molecule has 0 saturated carbocycles. The molecule has 0 unspecified atom stereocenters. The molecule has 2 aromatic rings. The van der Waals surface area contributed by atoms with Gasteiger partial charge in [0.05, 0.1) is 6.54 Å². The van der Waals surface area contributed by atoms with Crippen molar-refractivity contribution in [3.63, 3.8) is 0 Å². The fraction of sp³-hybridized carbons (Fsp3) is 0.556. The van der Waals surface area contributed by atoms with Gasteiger partial charge in [-0.15, -0.1) is 0 Å². The molecule has 2 aromatic heterocycles. The van der Waals surface area contributed by atoms with Crippen LogP contribution in [0.3, 0.4) is 0 Å². The molecule has 8 nitrogen and oxygen atoms in total. The highest BCUT2D eigenvalue weighted by molar-refractivity contribution is 5.94. The summed E-state index contributed by atoms with van der Waals surface area (Å²) >= 11 is 0. The molecule has 0 N–H and O–H groups in total. The Morgan fingerprint density at radius 3 is 2.73 bits per heavy atom. The molecule has 1 amide bonds. The number of carbonyl (C=O) groups excluding carboxylic acids is 1. The molecule has 26 heavy (non-hydrogen) atoms. The quantitative estimate of drug-likeness (QED) is 0.795. The number of fused-ring (bicyclic) bond motifs is 1. The van der Waals surface area contributed by atoms with Crippen molar-refractivity contribution in [2.24, 2.45) is 0 Å². The summed E-state index contributed by atoms with van der Waals surface area (Å²) in [5.74, 6) is 0.872. The molecule has 3 heterocycles. The van der Waals surface area contributed by atoms with Gasteiger partial charge in [0, 0.05) is 57.0 Å². The third-order valence-corrected chi connectivity index (χ3v) is 5.23.